The monoisotopic (exact) mass is 413 g/mol. The number of phenols is 2. The van der Waals surface area contributed by atoms with E-state index in [0.29, 0.717) is 5.56 Å². The Bertz CT molecular complexity index is 1010. The molecule has 0 amide bonds. The summed E-state index contributed by atoms with van der Waals surface area (Å²) in [5.74, 6) is -0.185. The summed E-state index contributed by atoms with van der Waals surface area (Å²) < 4.78 is 5.29. The van der Waals surface area contributed by atoms with E-state index in [1.807, 2.05) is 16.7 Å². The second kappa shape index (κ2) is 7.88. The fourth-order valence-corrected chi connectivity index (χ4v) is 4.55. The van der Waals surface area contributed by atoms with Crippen LogP contribution in [0.15, 0.2) is 30.3 Å². The third kappa shape index (κ3) is 3.73. The summed E-state index contributed by atoms with van der Waals surface area (Å²) in [5.41, 5.74) is 0.267. The number of fused-ring (bicyclic) bond motifs is 2. The van der Waals surface area contributed by atoms with Crippen LogP contribution in [0.5, 0.6) is 11.5 Å². The number of rotatable bonds is 4. The zero-order valence-electron chi connectivity index (χ0n) is 15.5. The maximum absolute atomic E-state index is 12.8. The number of ether oxygens (including phenoxy) is 1. The molecule has 0 radical (unpaired) electrons. The van der Waals surface area contributed by atoms with Crippen molar-refractivity contribution < 1.29 is 29.3 Å². The van der Waals surface area contributed by atoms with E-state index in [9.17, 15) is 24.6 Å². The molecule has 4 rings (SSSR count). The number of hydrogen-bond donors (Lipinski definition) is 2. The van der Waals surface area contributed by atoms with E-state index in [2.05, 4.69) is 0 Å². The van der Waals surface area contributed by atoms with Crippen LogP contribution >= 0.6 is 11.8 Å². The van der Waals surface area contributed by atoms with E-state index in [-0.39, 0.29) is 52.9 Å². The van der Waals surface area contributed by atoms with Crippen molar-refractivity contribution in [3.63, 3.8) is 0 Å². The molecule has 1 aliphatic carbocycles. The van der Waals surface area contributed by atoms with Crippen LogP contribution < -0.4 is 0 Å². The molecule has 0 aromatic heterocycles. The zero-order chi connectivity index (χ0) is 20.5. The average molecular weight is 413 g/mol. The number of carbonyl (C=O) groups is 3. The molecule has 150 valence electrons. The minimum absolute atomic E-state index is 0.0344. The molecule has 1 fully saturated rings. The van der Waals surface area contributed by atoms with Gasteiger partial charge in [-0.1, -0.05) is 12.1 Å². The number of aromatic hydroxyl groups is 2. The van der Waals surface area contributed by atoms with Crippen molar-refractivity contribution >= 4 is 29.3 Å². The SMILES string of the molecule is O=C(CN1CCSCC1)OCc1cc(O)c2c(c1)C(=O)c1cccc(O)c1C2=O. The summed E-state index contributed by atoms with van der Waals surface area (Å²) in [6.45, 7) is 1.75. The zero-order valence-corrected chi connectivity index (χ0v) is 16.3. The highest BCUT2D eigenvalue weighted by atomic mass is 32.2. The molecular formula is C21H19NO6S. The lowest BCUT2D eigenvalue weighted by Gasteiger charge is -2.25. The lowest BCUT2D eigenvalue weighted by Crippen LogP contribution is -2.37. The molecule has 0 spiro atoms. The van der Waals surface area contributed by atoms with Crippen molar-refractivity contribution in [2.75, 3.05) is 31.1 Å². The molecule has 2 aliphatic rings. The van der Waals surface area contributed by atoms with Gasteiger partial charge in [-0.25, -0.2) is 0 Å². The van der Waals surface area contributed by atoms with Gasteiger partial charge in [0.05, 0.1) is 17.7 Å². The first-order valence-electron chi connectivity index (χ1n) is 9.18. The van der Waals surface area contributed by atoms with Crippen molar-refractivity contribution in [2.45, 2.75) is 6.61 Å². The fraction of sp³-hybridized carbons (Fsp3) is 0.286. The molecule has 0 atom stereocenters. The van der Waals surface area contributed by atoms with Crippen LogP contribution in [-0.4, -0.2) is 63.8 Å². The van der Waals surface area contributed by atoms with Crippen LogP contribution in [0.4, 0.5) is 0 Å². The molecule has 7 nitrogen and oxygen atoms in total. The van der Waals surface area contributed by atoms with Gasteiger partial charge in [-0.15, -0.1) is 0 Å². The number of hydrogen-bond acceptors (Lipinski definition) is 8. The second-order valence-corrected chi connectivity index (χ2v) is 8.17. The number of esters is 1. The Hall–Kier alpha value is -2.84. The summed E-state index contributed by atoms with van der Waals surface area (Å²) in [7, 11) is 0. The normalized spacial score (nSPS) is 16.3. The molecule has 1 heterocycles. The lowest BCUT2D eigenvalue weighted by molar-refractivity contribution is -0.146. The smallest absolute Gasteiger partial charge is 0.320 e. The van der Waals surface area contributed by atoms with Crippen LogP contribution in [0, 0.1) is 0 Å². The Labute approximate surface area is 171 Å². The van der Waals surface area contributed by atoms with Gasteiger partial charge in [0.2, 0.25) is 5.78 Å². The summed E-state index contributed by atoms with van der Waals surface area (Å²) >= 11 is 1.85. The summed E-state index contributed by atoms with van der Waals surface area (Å²) in [6, 6.07) is 7.02. The van der Waals surface area contributed by atoms with Crippen LogP contribution in [0.25, 0.3) is 0 Å². The molecule has 2 aromatic rings. The molecule has 1 saturated heterocycles. The molecule has 0 bridgehead atoms. The Balaban J connectivity index is 1.54. The summed E-state index contributed by atoms with van der Waals surface area (Å²) in [4.78, 5) is 39.7. The van der Waals surface area contributed by atoms with Gasteiger partial charge < -0.3 is 14.9 Å². The van der Waals surface area contributed by atoms with Gasteiger partial charge in [0, 0.05) is 35.7 Å². The van der Waals surface area contributed by atoms with Crippen LogP contribution in [0.1, 0.15) is 37.4 Å². The Morgan fingerprint density at radius 2 is 1.72 bits per heavy atom. The molecule has 2 N–H and O–H groups in total. The van der Waals surface area contributed by atoms with E-state index in [1.54, 1.807) is 0 Å². The predicted molar refractivity (Wildman–Crippen MR) is 107 cm³/mol. The molecule has 0 unspecified atom stereocenters. The first-order valence-corrected chi connectivity index (χ1v) is 10.3. The van der Waals surface area contributed by atoms with E-state index in [0.717, 1.165) is 24.6 Å². The van der Waals surface area contributed by atoms with Crippen molar-refractivity contribution in [1.82, 2.24) is 4.90 Å². The highest BCUT2D eigenvalue weighted by molar-refractivity contribution is 7.99. The van der Waals surface area contributed by atoms with Crippen molar-refractivity contribution in [3.8, 4) is 11.5 Å². The molecular weight excluding hydrogens is 394 g/mol. The van der Waals surface area contributed by atoms with E-state index in [1.165, 1.54) is 30.3 Å². The Morgan fingerprint density at radius 3 is 2.48 bits per heavy atom. The highest BCUT2D eigenvalue weighted by Gasteiger charge is 2.34. The van der Waals surface area contributed by atoms with Gasteiger partial charge in [0.1, 0.15) is 18.1 Å². The summed E-state index contributed by atoms with van der Waals surface area (Å²) in [6.07, 6.45) is 0. The molecule has 0 saturated carbocycles. The maximum atomic E-state index is 12.8. The van der Waals surface area contributed by atoms with Gasteiger partial charge in [-0.2, -0.15) is 11.8 Å². The number of thioether (sulfide) groups is 1. The van der Waals surface area contributed by atoms with Gasteiger partial charge in [-0.3, -0.25) is 19.3 Å². The van der Waals surface area contributed by atoms with E-state index >= 15 is 0 Å². The number of phenolic OH excluding ortho intramolecular Hbond substituents is 2. The molecule has 2 aromatic carbocycles. The van der Waals surface area contributed by atoms with Crippen molar-refractivity contribution in [3.05, 3.63) is 58.1 Å². The van der Waals surface area contributed by atoms with Gasteiger partial charge in [-0.05, 0) is 23.8 Å². The van der Waals surface area contributed by atoms with Crippen LogP contribution in [0.2, 0.25) is 0 Å². The lowest BCUT2D eigenvalue weighted by atomic mass is 9.82. The average Bonchev–Trinajstić information content (AvgIpc) is 2.70. The number of nitrogens with zero attached hydrogens (tertiary/aromatic N) is 1. The maximum Gasteiger partial charge on any atom is 0.320 e. The summed E-state index contributed by atoms with van der Waals surface area (Å²) in [5, 5.41) is 20.3. The van der Waals surface area contributed by atoms with Gasteiger partial charge >= 0.3 is 5.97 Å². The predicted octanol–water partition coefficient (Wildman–Crippen LogP) is 1.97. The number of benzene rings is 2. The highest BCUT2D eigenvalue weighted by Crippen LogP contribution is 2.37. The van der Waals surface area contributed by atoms with Gasteiger partial charge in [0.15, 0.2) is 5.78 Å². The first kappa shape index (κ1) is 19.5. The van der Waals surface area contributed by atoms with Crippen molar-refractivity contribution in [1.29, 1.82) is 0 Å². The minimum atomic E-state index is -0.614. The van der Waals surface area contributed by atoms with Crippen LogP contribution in [-0.2, 0) is 16.1 Å². The standard InChI is InChI=1S/C21H19NO6S/c23-15-3-1-2-13-18(15)21(27)19-14(20(13)26)8-12(9-16(19)24)11-28-17(25)10-22-4-6-29-7-5-22/h1-3,8-9,23-24H,4-7,10-11H2. The second-order valence-electron chi connectivity index (χ2n) is 6.94. The van der Waals surface area contributed by atoms with Crippen molar-refractivity contribution in [2.24, 2.45) is 0 Å². The quantitative estimate of drug-likeness (QED) is 0.626. The van der Waals surface area contributed by atoms with E-state index < -0.39 is 11.6 Å². The third-order valence-electron chi connectivity index (χ3n) is 5.02. The first-order chi connectivity index (χ1) is 14.0. The Kier molecular flexibility index (Phi) is 5.29. The molecule has 8 heteroatoms. The molecule has 1 aliphatic heterocycles. The topological polar surface area (TPSA) is 104 Å². The van der Waals surface area contributed by atoms with Gasteiger partial charge in [0.25, 0.3) is 0 Å². The van der Waals surface area contributed by atoms with Crippen LogP contribution in [0.3, 0.4) is 0 Å². The third-order valence-corrected chi connectivity index (χ3v) is 5.96. The largest absolute Gasteiger partial charge is 0.507 e. The van der Waals surface area contributed by atoms with E-state index in [4.69, 9.17) is 4.74 Å². The molecule has 29 heavy (non-hydrogen) atoms. The minimum Gasteiger partial charge on any atom is -0.507 e. The Morgan fingerprint density at radius 1 is 1.00 bits per heavy atom. The number of ketones is 2. The number of carbonyl (C=O) groups excluding carboxylic acids is 3. The fourth-order valence-electron chi connectivity index (χ4n) is 3.58.